The van der Waals surface area contributed by atoms with Crippen LogP contribution in [0.25, 0.3) is 12.2 Å². The van der Waals surface area contributed by atoms with Gasteiger partial charge in [0.05, 0.1) is 16.5 Å². The zero-order valence-electron chi connectivity index (χ0n) is 13.6. The van der Waals surface area contributed by atoms with E-state index in [2.05, 4.69) is 0 Å². The molecule has 0 fully saturated rings. The monoisotopic (exact) mass is 373 g/mol. The lowest BCUT2D eigenvalue weighted by Crippen LogP contribution is -2.29. The second kappa shape index (κ2) is 7.08. The van der Waals surface area contributed by atoms with Crippen molar-refractivity contribution >= 4 is 40.6 Å². The van der Waals surface area contributed by atoms with Gasteiger partial charge in [-0.2, -0.15) is 0 Å². The van der Waals surface area contributed by atoms with Gasteiger partial charge in [-0.3, -0.25) is 9.59 Å². The Morgan fingerprint density at radius 3 is 2.76 bits per heavy atom. The minimum atomic E-state index is -0.189. The van der Waals surface area contributed by atoms with Crippen LogP contribution >= 0.6 is 22.7 Å². The third kappa shape index (κ3) is 3.57. The van der Waals surface area contributed by atoms with Gasteiger partial charge in [0.1, 0.15) is 4.66 Å². The topological polar surface area (TPSA) is 68.5 Å². The number of nitrogens with zero attached hydrogens (tertiary/aromatic N) is 1. The number of thiophene rings is 1. The lowest BCUT2D eigenvalue weighted by molar-refractivity contribution is 0.106. The molecule has 2 aromatic heterocycles. The molecule has 3 aromatic rings. The minimum Gasteiger partial charge on any atom is -0.504 e. The normalized spacial score (nSPS) is 12.6. The van der Waals surface area contributed by atoms with Gasteiger partial charge >= 0.3 is 0 Å². The van der Waals surface area contributed by atoms with E-state index >= 15 is 0 Å². The molecule has 0 radical (unpaired) electrons. The summed E-state index contributed by atoms with van der Waals surface area (Å²) < 4.78 is 7.52. The average molecular weight is 373 g/mol. The number of hydrogen-bond donors (Lipinski definition) is 1. The molecular weight excluding hydrogens is 358 g/mol. The SMILES string of the molecule is COc1ccc(/C=c2\s/c(=C\C(=O)c3cccs3)n(C)c2=O)cc1O. The molecule has 0 saturated carbocycles. The Morgan fingerprint density at radius 1 is 1.32 bits per heavy atom. The zero-order chi connectivity index (χ0) is 18.0. The van der Waals surface area contributed by atoms with Gasteiger partial charge in [0.25, 0.3) is 5.56 Å². The Kier molecular flexibility index (Phi) is 4.87. The second-order valence-corrected chi connectivity index (χ2v) is 7.24. The molecule has 1 N–H and O–H groups in total. The number of ether oxygens (including phenoxy) is 1. The number of aromatic hydroxyl groups is 1. The van der Waals surface area contributed by atoms with Crippen molar-refractivity contribution in [3.8, 4) is 11.5 Å². The van der Waals surface area contributed by atoms with Crippen LogP contribution in [0.5, 0.6) is 11.5 Å². The minimum absolute atomic E-state index is 0.00397. The first-order chi connectivity index (χ1) is 12.0. The third-order valence-electron chi connectivity index (χ3n) is 3.58. The van der Waals surface area contributed by atoms with Crippen LogP contribution in [0.3, 0.4) is 0 Å². The predicted molar refractivity (Wildman–Crippen MR) is 100 cm³/mol. The fourth-order valence-corrected chi connectivity index (χ4v) is 3.92. The molecular formula is C18H15NO4S2. The standard InChI is InChI=1S/C18H15NO4S2/c1-19-17(10-13(21)15-4-3-7-24-15)25-16(18(19)22)9-11-5-6-14(23-2)12(20)8-11/h3-10,20H,1-2H3/b16-9-,17-10-. The van der Waals surface area contributed by atoms with Gasteiger partial charge < -0.3 is 14.4 Å². The molecule has 3 rings (SSSR count). The van der Waals surface area contributed by atoms with Gasteiger partial charge in [-0.05, 0) is 35.2 Å². The molecule has 7 heteroatoms. The highest BCUT2D eigenvalue weighted by atomic mass is 32.1. The number of thiazole rings is 1. The second-order valence-electron chi connectivity index (χ2n) is 5.23. The first-order valence-corrected chi connectivity index (χ1v) is 9.03. The molecule has 0 atom stereocenters. The van der Waals surface area contributed by atoms with Crippen LogP contribution < -0.4 is 19.5 Å². The molecule has 0 bridgehead atoms. The largest absolute Gasteiger partial charge is 0.504 e. The van der Waals surface area contributed by atoms with Crippen molar-refractivity contribution in [1.29, 1.82) is 0 Å². The summed E-state index contributed by atoms with van der Waals surface area (Å²) in [4.78, 5) is 25.2. The number of Topliss-reactive ketones (excluding diaryl/α,β-unsaturated/α-hetero) is 1. The lowest BCUT2D eigenvalue weighted by atomic mass is 10.2. The molecule has 0 aliphatic carbocycles. The third-order valence-corrected chi connectivity index (χ3v) is 5.58. The highest BCUT2D eigenvalue weighted by molar-refractivity contribution is 7.12. The molecule has 0 aliphatic heterocycles. The van der Waals surface area contributed by atoms with E-state index in [4.69, 9.17) is 4.74 Å². The molecule has 0 spiro atoms. The van der Waals surface area contributed by atoms with E-state index in [-0.39, 0.29) is 17.1 Å². The highest BCUT2D eigenvalue weighted by Crippen LogP contribution is 2.26. The fraction of sp³-hybridized carbons (Fsp3) is 0.111. The number of phenolic OH excluding ortho intramolecular Hbond substituents is 1. The van der Waals surface area contributed by atoms with Crippen molar-refractivity contribution in [3.05, 3.63) is 65.7 Å². The summed E-state index contributed by atoms with van der Waals surface area (Å²) in [5, 5.41) is 11.7. The molecule has 0 unspecified atom stereocenters. The van der Waals surface area contributed by atoms with Crippen LogP contribution in [0.4, 0.5) is 0 Å². The number of rotatable bonds is 4. The van der Waals surface area contributed by atoms with E-state index in [0.29, 0.717) is 25.4 Å². The summed E-state index contributed by atoms with van der Waals surface area (Å²) >= 11 is 2.60. The number of aromatic nitrogens is 1. The van der Waals surface area contributed by atoms with Crippen LogP contribution in [0, 0.1) is 0 Å². The Morgan fingerprint density at radius 2 is 2.12 bits per heavy atom. The van der Waals surface area contributed by atoms with Gasteiger partial charge in [0, 0.05) is 13.1 Å². The van der Waals surface area contributed by atoms with E-state index in [0.717, 1.165) is 0 Å². The molecule has 5 nitrogen and oxygen atoms in total. The number of benzene rings is 1. The number of hydrogen-bond acceptors (Lipinski definition) is 6. The van der Waals surface area contributed by atoms with E-state index < -0.39 is 0 Å². The maximum Gasteiger partial charge on any atom is 0.268 e. The van der Waals surface area contributed by atoms with Crippen LogP contribution in [-0.2, 0) is 7.05 Å². The van der Waals surface area contributed by atoms with E-state index in [1.807, 2.05) is 11.4 Å². The van der Waals surface area contributed by atoms with Crippen LogP contribution in [0.2, 0.25) is 0 Å². The maximum atomic E-state index is 12.4. The number of phenols is 1. The maximum absolute atomic E-state index is 12.4. The van der Waals surface area contributed by atoms with Gasteiger partial charge in [-0.15, -0.1) is 22.7 Å². The molecule has 1 aromatic carbocycles. The van der Waals surface area contributed by atoms with Crippen molar-refractivity contribution in [3.63, 3.8) is 0 Å². The van der Waals surface area contributed by atoms with Crippen LogP contribution in [0.15, 0.2) is 40.5 Å². The van der Waals surface area contributed by atoms with Gasteiger partial charge in [0.15, 0.2) is 17.3 Å². The van der Waals surface area contributed by atoms with E-state index in [1.54, 1.807) is 31.3 Å². The fourth-order valence-electron chi connectivity index (χ4n) is 2.26. The molecule has 0 amide bonds. The summed E-state index contributed by atoms with van der Waals surface area (Å²) in [7, 11) is 3.11. The lowest BCUT2D eigenvalue weighted by Gasteiger charge is -2.02. The summed E-state index contributed by atoms with van der Waals surface area (Å²) in [6, 6.07) is 8.47. The number of ketones is 1. The Bertz CT molecular complexity index is 1090. The Hall–Kier alpha value is -2.64. The Balaban J connectivity index is 2.06. The molecule has 128 valence electrons. The smallest absolute Gasteiger partial charge is 0.268 e. The van der Waals surface area contributed by atoms with Crippen LogP contribution in [0.1, 0.15) is 15.2 Å². The average Bonchev–Trinajstić information content (AvgIpc) is 3.21. The van der Waals surface area contributed by atoms with Crippen molar-refractivity contribution in [1.82, 2.24) is 4.57 Å². The molecule has 25 heavy (non-hydrogen) atoms. The predicted octanol–water partition coefficient (Wildman–Crippen LogP) is 1.71. The van der Waals surface area contributed by atoms with Crippen LogP contribution in [-0.4, -0.2) is 22.6 Å². The Labute approximate surface area is 151 Å². The van der Waals surface area contributed by atoms with Gasteiger partial charge in [-0.25, -0.2) is 0 Å². The molecule has 2 heterocycles. The molecule has 0 saturated heterocycles. The highest BCUT2D eigenvalue weighted by Gasteiger charge is 2.07. The molecule has 0 aliphatic rings. The summed E-state index contributed by atoms with van der Waals surface area (Å²) in [5.74, 6) is 0.247. The number of carbonyl (C=O) groups is 1. The van der Waals surface area contributed by atoms with E-state index in [9.17, 15) is 14.7 Å². The van der Waals surface area contributed by atoms with Crippen molar-refractivity contribution in [2.75, 3.05) is 7.11 Å². The number of carbonyl (C=O) groups excluding carboxylic acids is 1. The zero-order valence-corrected chi connectivity index (χ0v) is 15.2. The first-order valence-electron chi connectivity index (χ1n) is 7.33. The van der Waals surface area contributed by atoms with Crippen molar-refractivity contribution in [2.24, 2.45) is 7.05 Å². The van der Waals surface area contributed by atoms with Gasteiger partial charge in [-0.1, -0.05) is 12.1 Å². The van der Waals surface area contributed by atoms with Crippen molar-refractivity contribution in [2.45, 2.75) is 0 Å². The summed E-state index contributed by atoms with van der Waals surface area (Å²) in [6.45, 7) is 0. The summed E-state index contributed by atoms with van der Waals surface area (Å²) in [5.41, 5.74) is 0.485. The summed E-state index contributed by atoms with van der Waals surface area (Å²) in [6.07, 6.45) is 3.15. The van der Waals surface area contributed by atoms with Crippen molar-refractivity contribution < 1.29 is 14.6 Å². The number of methoxy groups -OCH3 is 1. The van der Waals surface area contributed by atoms with E-state index in [1.165, 1.54) is 46.5 Å². The van der Waals surface area contributed by atoms with Gasteiger partial charge in [0.2, 0.25) is 0 Å². The quantitative estimate of drug-likeness (QED) is 0.707. The first kappa shape index (κ1) is 17.2.